The molecule has 0 aromatic carbocycles. The van der Waals surface area contributed by atoms with Gasteiger partial charge in [0.15, 0.2) is 0 Å². The zero-order valence-electron chi connectivity index (χ0n) is 10.7. The molecule has 1 aliphatic heterocycles. The van der Waals surface area contributed by atoms with Crippen LogP contribution < -0.4 is 0 Å². The van der Waals surface area contributed by atoms with E-state index in [1.807, 2.05) is 0 Å². The van der Waals surface area contributed by atoms with E-state index >= 15 is 0 Å². The van der Waals surface area contributed by atoms with E-state index in [9.17, 15) is 4.79 Å². The molecule has 1 heterocycles. The van der Waals surface area contributed by atoms with E-state index in [1.54, 1.807) is 0 Å². The van der Waals surface area contributed by atoms with Crippen molar-refractivity contribution in [2.24, 2.45) is 5.41 Å². The van der Waals surface area contributed by atoms with E-state index in [1.165, 1.54) is 19.3 Å². The van der Waals surface area contributed by atoms with Crippen LogP contribution in [0.15, 0.2) is 0 Å². The van der Waals surface area contributed by atoms with Gasteiger partial charge in [-0.15, -0.1) is 0 Å². The summed E-state index contributed by atoms with van der Waals surface area (Å²) in [5.41, 5.74) is 0.260. The van der Waals surface area contributed by atoms with Crippen LogP contribution >= 0.6 is 0 Å². The highest BCUT2D eigenvalue weighted by molar-refractivity contribution is 5.78. The molecule has 2 nitrogen and oxygen atoms in total. The molecule has 0 aliphatic carbocycles. The third-order valence-corrected chi connectivity index (χ3v) is 3.88. The monoisotopic (exact) mass is 211 g/mol. The summed E-state index contributed by atoms with van der Waals surface area (Å²) in [7, 11) is 0. The van der Waals surface area contributed by atoms with Crippen LogP contribution in [0.5, 0.6) is 0 Å². The Kier molecular flexibility index (Phi) is 4.18. The first-order valence-electron chi connectivity index (χ1n) is 6.28. The molecule has 0 aromatic rings. The summed E-state index contributed by atoms with van der Waals surface area (Å²) in [6, 6.07) is 0.388. The Hall–Kier alpha value is -0.530. The largest absolute Gasteiger partial charge is 0.339 e. The molecule has 88 valence electrons. The SMILES string of the molecule is CCCCC(C)(C)C(C)N1CCCC1=O. The van der Waals surface area contributed by atoms with Crippen molar-refractivity contribution in [3.05, 3.63) is 0 Å². The maximum atomic E-state index is 11.7. The first kappa shape index (κ1) is 12.5. The second-order valence-electron chi connectivity index (χ2n) is 5.46. The van der Waals surface area contributed by atoms with Crippen LogP contribution in [-0.4, -0.2) is 23.4 Å². The average Bonchev–Trinajstić information content (AvgIpc) is 2.60. The fourth-order valence-electron chi connectivity index (χ4n) is 2.34. The molecule has 1 aliphatic rings. The number of amides is 1. The maximum Gasteiger partial charge on any atom is 0.222 e. The van der Waals surface area contributed by atoms with Crippen molar-refractivity contribution < 1.29 is 4.79 Å². The molecule has 0 spiro atoms. The minimum Gasteiger partial charge on any atom is -0.339 e. The number of likely N-dealkylation sites (tertiary alicyclic amines) is 1. The van der Waals surface area contributed by atoms with Crippen LogP contribution in [0.4, 0.5) is 0 Å². The zero-order valence-corrected chi connectivity index (χ0v) is 10.7. The summed E-state index contributed by atoms with van der Waals surface area (Å²) in [6.45, 7) is 9.98. The summed E-state index contributed by atoms with van der Waals surface area (Å²) in [6.07, 6.45) is 5.53. The van der Waals surface area contributed by atoms with E-state index in [-0.39, 0.29) is 5.41 Å². The Bertz CT molecular complexity index is 223. The van der Waals surface area contributed by atoms with Gasteiger partial charge in [0.2, 0.25) is 5.91 Å². The van der Waals surface area contributed by atoms with Gasteiger partial charge in [-0.05, 0) is 25.2 Å². The number of rotatable bonds is 5. The van der Waals surface area contributed by atoms with Crippen LogP contribution in [0.1, 0.15) is 59.8 Å². The lowest BCUT2D eigenvalue weighted by Gasteiger charge is -2.38. The average molecular weight is 211 g/mol. The van der Waals surface area contributed by atoms with Gasteiger partial charge in [-0.2, -0.15) is 0 Å². The molecule has 2 heteroatoms. The van der Waals surface area contributed by atoms with Crippen LogP contribution in [0, 0.1) is 5.41 Å². The quantitative estimate of drug-likeness (QED) is 0.684. The lowest BCUT2D eigenvalue weighted by Crippen LogP contribution is -2.43. The lowest BCUT2D eigenvalue weighted by atomic mass is 9.80. The Morgan fingerprint density at radius 2 is 2.13 bits per heavy atom. The third kappa shape index (κ3) is 2.96. The highest BCUT2D eigenvalue weighted by Gasteiger charge is 2.34. The van der Waals surface area contributed by atoms with Crippen molar-refractivity contribution in [2.45, 2.75) is 65.8 Å². The topological polar surface area (TPSA) is 20.3 Å². The van der Waals surface area contributed by atoms with Gasteiger partial charge in [0.05, 0.1) is 0 Å². The van der Waals surface area contributed by atoms with Crippen molar-refractivity contribution >= 4 is 5.91 Å². The normalized spacial score (nSPS) is 19.7. The van der Waals surface area contributed by atoms with Crippen LogP contribution in [-0.2, 0) is 4.79 Å². The fraction of sp³-hybridized carbons (Fsp3) is 0.923. The van der Waals surface area contributed by atoms with Crippen molar-refractivity contribution in [3.63, 3.8) is 0 Å². The van der Waals surface area contributed by atoms with E-state index < -0.39 is 0 Å². The van der Waals surface area contributed by atoms with Crippen molar-refractivity contribution in [1.29, 1.82) is 0 Å². The molecule has 0 aromatic heterocycles. The Balaban J connectivity index is 2.56. The highest BCUT2D eigenvalue weighted by atomic mass is 16.2. The second-order valence-corrected chi connectivity index (χ2v) is 5.46. The van der Waals surface area contributed by atoms with Crippen molar-refractivity contribution in [1.82, 2.24) is 4.90 Å². The van der Waals surface area contributed by atoms with Crippen LogP contribution in [0.25, 0.3) is 0 Å². The van der Waals surface area contributed by atoms with E-state index in [0.29, 0.717) is 11.9 Å². The Morgan fingerprint density at radius 3 is 2.60 bits per heavy atom. The minimum absolute atomic E-state index is 0.260. The smallest absolute Gasteiger partial charge is 0.222 e. The molecule has 0 N–H and O–H groups in total. The van der Waals surface area contributed by atoms with Gasteiger partial charge >= 0.3 is 0 Å². The molecule has 1 unspecified atom stereocenters. The molecular weight excluding hydrogens is 186 g/mol. The molecule has 1 saturated heterocycles. The summed E-state index contributed by atoms with van der Waals surface area (Å²) in [5, 5.41) is 0. The number of unbranched alkanes of at least 4 members (excludes halogenated alkanes) is 1. The molecular formula is C13H25NO. The lowest BCUT2D eigenvalue weighted by molar-refractivity contribution is -0.131. The standard InChI is InChI=1S/C13H25NO/c1-5-6-9-13(3,4)11(2)14-10-7-8-12(14)15/h11H,5-10H2,1-4H3. The molecule has 0 bridgehead atoms. The molecule has 0 radical (unpaired) electrons. The minimum atomic E-state index is 0.260. The fourth-order valence-corrected chi connectivity index (χ4v) is 2.34. The number of hydrogen-bond donors (Lipinski definition) is 0. The Labute approximate surface area is 94.0 Å². The molecule has 1 fully saturated rings. The first-order valence-corrected chi connectivity index (χ1v) is 6.28. The number of carbonyl (C=O) groups excluding carboxylic acids is 1. The predicted octanol–water partition coefficient (Wildman–Crippen LogP) is 3.21. The van der Waals surface area contributed by atoms with E-state index in [4.69, 9.17) is 0 Å². The van der Waals surface area contributed by atoms with Gasteiger partial charge in [0.25, 0.3) is 0 Å². The van der Waals surface area contributed by atoms with Crippen molar-refractivity contribution in [3.8, 4) is 0 Å². The van der Waals surface area contributed by atoms with Gasteiger partial charge in [-0.3, -0.25) is 4.79 Å². The molecule has 1 amide bonds. The number of nitrogens with zero attached hydrogens (tertiary/aromatic N) is 1. The third-order valence-electron chi connectivity index (χ3n) is 3.88. The first-order chi connectivity index (χ1) is 6.99. The van der Waals surface area contributed by atoms with Gasteiger partial charge in [0, 0.05) is 19.0 Å². The molecule has 1 atom stereocenters. The molecule has 0 saturated carbocycles. The summed E-state index contributed by atoms with van der Waals surface area (Å²) in [5.74, 6) is 0.354. The van der Waals surface area contributed by atoms with Crippen LogP contribution in [0.2, 0.25) is 0 Å². The van der Waals surface area contributed by atoms with Crippen LogP contribution in [0.3, 0.4) is 0 Å². The van der Waals surface area contributed by atoms with Gasteiger partial charge in [-0.1, -0.05) is 33.6 Å². The number of carbonyl (C=O) groups is 1. The second kappa shape index (κ2) is 5.00. The highest BCUT2D eigenvalue weighted by Crippen LogP contribution is 2.32. The van der Waals surface area contributed by atoms with Gasteiger partial charge in [-0.25, -0.2) is 0 Å². The Morgan fingerprint density at radius 1 is 1.47 bits per heavy atom. The van der Waals surface area contributed by atoms with E-state index in [0.717, 1.165) is 19.4 Å². The maximum absolute atomic E-state index is 11.7. The van der Waals surface area contributed by atoms with Gasteiger partial charge in [0.1, 0.15) is 0 Å². The summed E-state index contributed by atoms with van der Waals surface area (Å²) < 4.78 is 0. The van der Waals surface area contributed by atoms with Crippen molar-refractivity contribution in [2.75, 3.05) is 6.54 Å². The van der Waals surface area contributed by atoms with Gasteiger partial charge < -0.3 is 4.90 Å². The summed E-state index contributed by atoms with van der Waals surface area (Å²) in [4.78, 5) is 13.7. The molecule has 1 rings (SSSR count). The summed E-state index contributed by atoms with van der Waals surface area (Å²) >= 11 is 0. The zero-order chi connectivity index (χ0) is 11.5. The molecule has 15 heavy (non-hydrogen) atoms. The van der Waals surface area contributed by atoms with E-state index in [2.05, 4.69) is 32.6 Å². The predicted molar refractivity (Wildman–Crippen MR) is 63.7 cm³/mol. The number of hydrogen-bond acceptors (Lipinski definition) is 1.